The van der Waals surface area contributed by atoms with Gasteiger partial charge in [0.25, 0.3) is 0 Å². The fraction of sp³-hybridized carbons (Fsp3) is 0.0714. The Hall–Kier alpha value is -2.76. The Kier molecular flexibility index (Phi) is 2.90. The highest BCUT2D eigenvalue weighted by Gasteiger charge is 2.15. The number of rotatable bonds is 2. The van der Waals surface area contributed by atoms with E-state index in [4.69, 9.17) is 5.73 Å². The molecule has 0 amide bonds. The van der Waals surface area contributed by atoms with Crippen LogP contribution in [0.15, 0.2) is 42.5 Å². The third kappa shape index (κ3) is 2.11. The summed E-state index contributed by atoms with van der Waals surface area (Å²) in [4.78, 5) is 0. The van der Waals surface area contributed by atoms with Crippen LogP contribution in [0.25, 0.3) is 17.1 Å². The number of hydrogen-bond acceptors (Lipinski definition) is 4. The molecule has 0 aliphatic heterocycles. The van der Waals surface area contributed by atoms with Crippen LogP contribution >= 0.6 is 0 Å². The smallest absolute Gasteiger partial charge is 0.190 e. The van der Waals surface area contributed by atoms with Gasteiger partial charge in [-0.2, -0.15) is 4.68 Å². The first kappa shape index (κ1) is 12.3. The maximum absolute atomic E-state index is 13.9. The lowest BCUT2D eigenvalue weighted by molar-refractivity contribution is 0.629. The monoisotopic (exact) mass is 269 g/mol. The number of halogens is 1. The molecule has 0 aliphatic carbocycles. The summed E-state index contributed by atoms with van der Waals surface area (Å²) in [7, 11) is 0. The Balaban J connectivity index is 2.18. The molecule has 0 saturated heterocycles. The van der Waals surface area contributed by atoms with Crippen LogP contribution in [0.5, 0.6) is 0 Å². The highest BCUT2D eigenvalue weighted by molar-refractivity contribution is 5.63. The summed E-state index contributed by atoms with van der Waals surface area (Å²) in [5.74, 6) is -0.0942. The van der Waals surface area contributed by atoms with E-state index in [1.54, 1.807) is 0 Å². The molecule has 1 aromatic heterocycles. The first-order valence-corrected chi connectivity index (χ1v) is 6.06. The Morgan fingerprint density at radius 1 is 1.15 bits per heavy atom. The Morgan fingerprint density at radius 3 is 2.80 bits per heavy atom. The van der Waals surface area contributed by atoms with Gasteiger partial charge < -0.3 is 5.73 Å². The van der Waals surface area contributed by atoms with Crippen molar-refractivity contribution < 1.29 is 4.39 Å². The largest absolute Gasteiger partial charge is 0.399 e. The Morgan fingerprint density at radius 2 is 2.00 bits per heavy atom. The van der Waals surface area contributed by atoms with E-state index >= 15 is 0 Å². The maximum Gasteiger partial charge on any atom is 0.190 e. The molecule has 1 heterocycles. The number of anilines is 1. The van der Waals surface area contributed by atoms with E-state index in [1.165, 1.54) is 22.9 Å². The summed E-state index contributed by atoms with van der Waals surface area (Å²) in [5.41, 5.74) is 8.27. The van der Waals surface area contributed by atoms with Gasteiger partial charge in [-0.05, 0) is 53.2 Å². The molecular weight excluding hydrogens is 257 g/mol. The van der Waals surface area contributed by atoms with E-state index in [0.717, 1.165) is 11.3 Å². The molecule has 3 aromatic rings. The molecule has 0 unspecified atom stereocenters. The van der Waals surface area contributed by atoms with Gasteiger partial charge in [-0.3, -0.25) is 0 Å². The third-order valence-electron chi connectivity index (χ3n) is 2.95. The van der Waals surface area contributed by atoms with Gasteiger partial charge in [0.05, 0.1) is 11.3 Å². The van der Waals surface area contributed by atoms with Gasteiger partial charge in [-0.25, -0.2) is 4.39 Å². The quantitative estimate of drug-likeness (QED) is 0.725. The number of nitrogen functional groups attached to an aromatic ring is 1. The summed E-state index contributed by atoms with van der Waals surface area (Å²) < 4.78 is 15.4. The summed E-state index contributed by atoms with van der Waals surface area (Å²) >= 11 is 0. The van der Waals surface area contributed by atoms with Gasteiger partial charge in [-0.15, -0.1) is 5.10 Å². The molecule has 2 N–H and O–H groups in total. The maximum atomic E-state index is 13.9. The van der Waals surface area contributed by atoms with E-state index in [1.807, 2.05) is 31.2 Å². The molecule has 0 aliphatic rings. The summed E-state index contributed by atoms with van der Waals surface area (Å²) in [6, 6.07) is 12.0. The van der Waals surface area contributed by atoms with Crippen molar-refractivity contribution in [2.75, 3.05) is 5.73 Å². The minimum Gasteiger partial charge on any atom is -0.399 e. The number of tetrazole rings is 1. The second kappa shape index (κ2) is 4.73. The van der Waals surface area contributed by atoms with Crippen molar-refractivity contribution in [1.29, 1.82) is 0 Å². The molecule has 0 radical (unpaired) electrons. The highest BCUT2D eigenvalue weighted by Crippen LogP contribution is 2.24. The average Bonchev–Trinajstić information content (AvgIpc) is 2.90. The lowest BCUT2D eigenvalue weighted by Crippen LogP contribution is -2.01. The molecule has 0 atom stereocenters. The second-order valence-electron chi connectivity index (χ2n) is 4.49. The summed E-state index contributed by atoms with van der Waals surface area (Å²) in [5, 5.41) is 11.5. The third-order valence-corrected chi connectivity index (χ3v) is 2.95. The average molecular weight is 269 g/mol. The van der Waals surface area contributed by atoms with E-state index in [-0.39, 0.29) is 5.56 Å². The Labute approximate surface area is 114 Å². The van der Waals surface area contributed by atoms with Gasteiger partial charge in [0, 0.05) is 5.69 Å². The second-order valence-corrected chi connectivity index (χ2v) is 4.49. The number of nitrogens with zero attached hydrogens (tertiary/aromatic N) is 4. The molecular formula is C14H12FN5. The molecule has 0 fully saturated rings. The number of benzene rings is 2. The van der Waals surface area contributed by atoms with Gasteiger partial charge in [-0.1, -0.05) is 12.1 Å². The zero-order valence-electron chi connectivity index (χ0n) is 10.8. The van der Waals surface area contributed by atoms with Crippen LogP contribution in [0.2, 0.25) is 0 Å². The van der Waals surface area contributed by atoms with Crippen LogP contribution in [0.3, 0.4) is 0 Å². The van der Waals surface area contributed by atoms with Gasteiger partial charge in [0.1, 0.15) is 5.82 Å². The number of aryl methyl sites for hydroxylation is 1. The number of nitrogens with two attached hydrogens (primary N) is 1. The number of aromatic nitrogens is 4. The molecule has 100 valence electrons. The SMILES string of the molecule is Cc1cccc(-n2nnnc2-c2cc(N)ccc2F)c1. The predicted molar refractivity (Wildman–Crippen MR) is 73.7 cm³/mol. The first-order valence-electron chi connectivity index (χ1n) is 6.06. The van der Waals surface area contributed by atoms with Crippen molar-refractivity contribution in [2.45, 2.75) is 6.92 Å². The molecule has 0 spiro atoms. The molecule has 6 heteroatoms. The van der Waals surface area contributed by atoms with Crippen LogP contribution in [0.1, 0.15) is 5.56 Å². The zero-order chi connectivity index (χ0) is 14.1. The van der Waals surface area contributed by atoms with E-state index in [2.05, 4.69) is 15.5 Å². The van der Waals surface area contributed by atoms with Crippen LogP contribution in [0.4, 0.5) is 10.1 Å². The zero-order valence-corrected chi connectivity index (χ0v) is 10.8. The predicted octanol–water partition coefficient (Wildman–Crippen LogP) is 2.36. The minimum atomic E-state index is -0.414. The van der Waals surface area contributed by atoms with E-state index < -0.39 is 5.82 Å². The van der Waals surface area contributed by atoms with Crippen molar-refractivity contribution in [3.8, 4) is 17.1 Å². The highest BCUT2D eigenvalue weighted by atomic mass is 19.1. The van der Waals surface area contributed by atoms with Crippen molar-refractivity contribution >= 4 is 5.69 Å². The fourth-order valence-electron chi connectivity index (χ4n) is 2.00. The van der Waals surface area contributed by atoms with Gasteiger partial charge >= 0.3 is 0 Å². The summed E-state index contributed by atoms with van der Waals surface area (Å²) in [6.45, 7) is 1.97. The minimum absolute atomic E-state index is 0.275. The molecule has 0 bridgehead atoms. The molecule has 3 rings (SSSR count). The van der Waals surface area contributed by atoms with E-state index in [9.17, 15) is 4.39 Å². The molecule has 2 aromatic carbocycles. The standard InChI is InChI=1S/C14H12FN5/c1-9-3-2-4-11(7-9)20-14(17-18-19-20)12-8-10(16)5-6-13(12)15/h2-8H,16H2,1H3. The van der Waals surface area contributed by atoms with Crippen molar-refractivity contribution in [1.82, 2.24) is 20.2 Å². The Bertz CT molecular complexity index is 766. The topological polar surface area (TPSA) is 69.6 Å². The normalized spacial score (nSPS) is 10.7. The molecule has 0 saturated carbocycles. The van der Waals surface area contributed by atoms with Crippen LogP contribution in [-0.4, -0.2) is 20.2 Å². The van der Waals surface area contributed by atoms with Crippen molar-refractivity contribution in [2.24, 2.45) is 0 Å². The first-order chi connectivity index (χ1) is 9.65. The van der Waals surface area contributed by atoms with Gasteiger partial charge in [0.15, 0.2) is 5.82 Å². The summed E-state index contributed by atoms with van der Waals surface area (Å²) in [6.07, 6.45) is 0. The van der Waals surface area contributed by atoms with Crippen LogP contribution < -0.4 is 5.73 Å². The number of hydrogen-bond donors (Lipinski definition) is 1. The van der Waals surface area contributed by atoms with Crippen molar-refractivity contribution in [3.63, 3.8) is 0 Å². The molecule has 20 heavy (non-hydrogen) atoms. The lowest BCUT2D eigenvalue weighted by Gasteiger charge is -2.07. The van der Waals surface area contributed by atoms with E-state index in [0.29, 0.717) is 11.5 Å². The van der Waals surface area contributed by atoms with Crippen molar-refractivity contribution in [3.05, 3.63) is 53.8 Å². The molecule has 5 nitrogen and oxygen atoms in total. The van der Waals surface area contributed by atoms with Crippen LogP contribution in [-0.2, 0) is 0 Å². The fourth-order valence-corrected chi connectivity index (χ4v) is 2.00. The lowest BCUT2D eigenvalue weighted by atomic mass is 10.1. The van der Waals surface area contributed by atoms with Crippen LogP contribution in [0, 0.1) is 12.7 Å². The van der Waals surface area contributed by atoms with Gasteiger partial charge in [0.2, 0.25) is 0 Å².